The quantitative estimate of drug-likeness (QED) is 0.679. The lowest BCUT2D eigenvalue weighted by atomic mass is 9.95. The molecular weight excluding hydrogens is 150 g/mol. The van der Waals surface area contributed by atoms with Gasteiger partial charge in [0, 0.05) is 18.7 Å². The summed E-state index contributed by atoms with van der Waals surface area (Å²) in [5, 5.41) is 3.69. The van der Waals surface area contributed by atoms with Crippen molar-refractivity contribution in [3.63, 3.8) is 0 Å². The molecule has 1 N–H and O–H groups in total. The third-order valence-corrected chi connectivity index (χ3v) is 3.01. The summed E-state index contributed by atoms with van der Waals surface area (Å²) in [7, 11) is 0. The molecule has 0 radical (unpaired) electrons. The zero-order valence-corrected chi connectivity index (χ0v) is 7.72. The van der Waals surface area contributed by atoms with E-state index in [1.54, 1.807) is 0 Å². The Morgan fingerprint density at radius 2 is 1.75 bits per heavy atom. The second-order valence-electron chi connectivity index (χ2n) is 4.06. The van der Waals surface area contributed by atoms with E-state index in [9.17, 15) is 0 Å². The second kappa shape index (κ2) is 4.24. The number of hydrogen-bond donors (Lipinski definition) is 1. The molecule has 0 amide bonds. The predicted molar refractivity (Wildman–Crippen MR) is 49.2 cm³/mol. The molecule has 1 aliphatic heterocycles. The summed E-state index contributed by atoms with van der Waals surface area (Å²) in [6, 6.07) is 1.46. The third kappa shape index (κ3) is 2.20. The van der Waals surface area contributed by atoms with Crippen LogP contribution in [0.15, 0.2) is 0 Å². The van der Waals surface area contributed by atoms with Crippen molar-refractivity contribution in [2.24, 2.45) is 0 Å². The van der Waals surface area contributed by atoms with Crippen molar-refractivity contribution in [3.05, 3.63) is 0 Å². The van der Waals surface area contributed by atoms with Crippen LogP contribution in [0.1, 0.15) is 38.5 Å². The Labute approximate surface area is 74.7 Å². The van der Waals surface area contributed by atoms with Crippen LogP contribution >= 0.6 is 0 Å². The van der Waals surface area contributed by atoms with E-state index >= 15 is 0 Å². The van der Waals surface area contributed by atoms with Crippen molar-refractivity contribution in [2.45, 2.75) is 50.6 Å². The number of rotatable bonds is 2. The summed E-state index contributed by atoms with van der Waals surface area (Å²) in [5.74, 6) is 0. The standard InChI is InChI=1S/C10H19NO/c1-2-4-9(5-3-1)11-10-6-7-12-8-10/h9-11H,1-8H2. The molecule has 1 aliphatic carbocycles. The number of ether oxygens (including phenoxy) is 1. The summed E-state index contributed by atoms with van der Waals surface area (Å²) in [4.78, 5) is 0. The highest BCUT2D eigenvalue weighted by Gasteiger charge is 2.20. The van der Waals surface area contributed by atoms with Crippen LogP contribution in [-0.4, -0.2) is 25.3 Å². The lowest BCUT2D eigenvalue weighted by Crippen LogP contribution is -2.39. The molecule has 2 aliphatic rings. The van der Waals surface area contributed by atoms with Gasteiger partial charge in [-0.25, -0.2) is 0 Å². The van der Waals surface area contributed by atoms with Crippen LogP contribution in [0.3, 0.4) is 0 Å². The molecule has 12 heavy (non-hydrogen) atoms. The minimum atomic E-state index is 0.660. The summed E-state index contributed by atoms with van der Waals surface area (Å²) >= 11 is 0. The Morgan fingerprint density at radius 3 is 2.42 bits per heavy atom. The molecule has 0 spiro atoms. The summed E-state index contributed by atoms with van der Waals surface area (Å²) in [5.41, 5.74) is 0. The predicted octanol–water partition coefficient (Wildman–Crippen LogP) is 1.70. The fourth-order valence-corrected chi connectivity index (χ4v) is 2.27. The molecule has 70 valence electrons. The van der Waals surface area contributed by atoms with Gasteiger partial charge in [0.1, 0.15) is 0 Å². The Kier molecular flexibility index (Phi) is 3.01. The van der Waals surface area contributed by atoms with Gasteiger partial charge in [0.15, 0.2) is 0 Å². The van der Waals surface area contributed by atoms with Gasteiger partial charge in [-0.1, -0.05) is 19.3 Å². The monoisotopic (exact) mass is 169 g/mol. The molecule has 1 saturated carbocycles. The Hall–Kier alpha value is -0.0800. The molecule has 2 heteroatoms. The van der Waals surface area contributed by atoms with Crippen molar-refractivity contribution in [3.8, 4) is 0 Å². The van der Waals surface area contributed by atoms with Crippen molar-refractivity contribution in [2.75, 3.05) is 13.2 Å². The van der Waals surface area contributed by atoms with Gasteiger partial charge in [0.2, 0.25) is 0 Å². The van der Waals surface area contributed by atoms with Gasteiger partial charge in [-0.2, -0.15) is 0 Å². The topological polar surface area (TPSA) is 21.3 Å². The van der Waals surface area contributed by atoms with Crippen LogP contribution in [0, 0.1) is 0 Å². The van der Waals surface area contributed by atoms with Gasteiger partial charge in [-0.05, 0) is 19.3 Å². The highest BCUT2D eigenvalue weighted by molar-refractivity contribution is 4.79. The van der Waals surface area contributed by atoms with E-state index in [0.717, 1.165) is 19.3 Å². The second-order valence-corrected chi connectivity index (χ2v) is 4.06. The fourth-order valence-electron chi connectivity index (χ4n) is 2.27. The van der Waals surface area contributed by atoms with Crippen molar-refractivity contribution < 1.29 is 4.74 Å². The zero-order valence-electron chi connectivity index (χ0n) is 7.72. The highest BCUT2D eigenvalue weighted by atomic mass is 16.5. The van der Waals surface area contributed by atoms with E-state index < -0.39 is 0 Å². The van der Waals surface area contributed by atoms with Gasteiger partial charge in [-0.15, -0.1) is 0 Å². The molecular formula is C10H19NO. The zero-order chi connectivity index (χ0) is 8.23. The molecule has 1 heterocycles. The molecule has 0 aromatic carbocycles. The summed E-state index contributed by atoms with van der Waals surface area (Å²) in [6.07, 6.45) is 8.28. The van der Waals surface area contributed by atoms with E-state index in [-0.39, 0.29) is 0 Å². The number of nitrogens with one attached hydrogen (secondary N) is 1. The van der Waals surface area contributed by atoms with E-state index in [0.29, 0.717) is 6.04 Å². The molecule has 2 rings (SSSR count). The molecule has 1 unspecified atom stereocenters. The molecule has 2 nitrogen and oxygen atoms in total. The minimum Gasteiger partial charge on any atom is -0.380 e. The van der Waals surface area contributed by atoms with E-state index in [1.165, 1.54) is 38.5 Å². The Balaban J connectivity index is 1.69. The lowest BCUT2D eigenvalue weighted by Gasteiger charge is -2.25. The van der Waals surface area contributed by atoms with E-state index in [4.69, 9.17) is 4.74 Å². The maximum absolute atomic E-state index is 5.34. The molecule has 0 aromatic heterocycles. The molecule has 0 bridgehead atoms. The normalized spacial score (nSPS) is 32.5. The van der Waals surface area contributed by atoms with Crippen LogP contribution < -0.4 is 5.32 Å². The summed E-state index contributed by atoms with van der Waals surface area (Å²) in [6.45, 7) is 1.90. The van der Waals surface area contributed by atoms with Gasteiger partial charge in [0.05, 0.1) is 6.61 Å². The average molecular weight is 169 g/mol. The van der Waals surface area contributed by atoms with Crippen LogP contribution in [0.5, 0.6) is 0 Å². The van der Waals surface area contributed by atoms with Crippen molar-refractivity contribution >= 4 is 0 Å². The lowest BCUT2D eigenvalue weighted by molar-refractivity contribution is 0.185. The van der Waals surface area contributed by atoms with Gasteiger partial charge >= 0.3 is 0 Å². The van der Waals surface area contributed by atoms with Gasteiger partial charge < -0.3 is 10.1 Å². The summed E-state index contributed by atoms with van der Waals surface area (Å²) < 4.78 is 5.34. The highest BCUT2D eigenvalue weighted by Crippen LogP contribution is 2.18. The van der Waals surface area contributed by atoms with E-state index in [2.05, 4.69) is 5.32 Å². The van der Waals surface area contributed by atoms with Gasteiger partial charge in [-0.3, -0.25) is 0 Å². The smallest absolute Gasteiger partial charge is 0.0620 e. The molecule has 2 fully saturated rings. The van der Waals surface area contributed by atoms with Gasteiger partial charge in [0.25, 0.3) is 0 Å². The fraction of sp³-hybridized carbons (Fsp3) is 1.00. The first-order valence-electron chi connectivity index (χ1n) is 5.29. The minimum absolute atomic E-state index is 0.660. The molecule has 1 saturated heterocycles. The Morgan fingerprint density at radius 1 is 0.917 bits per heavy atom. The first kappa shape index (κ1) is 8.52. The van der Waals surface area contributed by atoms with Crippen LogP contribution in [-0.2, 0) is 4.74 Å². The Bertz CT molecular complexity index is 126. The van der Waals surface area contributed by atoms with Crippen molar-refractivity contribution in [1.82, 2.24) is 5.32 Å². The maximum atomic E-state index is 5.34. The number of hydrogen-bond acceptors (Lipinski definition) is 2. The van der Waals surface area contributed by atoms with Crippen LogP contribution in [0.25, 0.3) is 0 Å². The largest absolute Gasteiger partial charge is 0.380 e. The van der Waals surface area contributed by atoms with Crippen LogP contribution in [0.4, 0.5) is 0 Å². The van der Waals surface area contributed by atoms with E-state index in [1.807, 2.05) is 0 Å². The van der Waals surface area contributed by atoms with Crippen molar-refractivity contribution in [1.29, 1.82) is 0 Å². The average Bonchev–Trinajstić information content (AvgIpc) is 2.59. The first-order valence-corrected chi connectivity index (χ1v) is 5.29. The molecule has 1 atom stereocenters. The maximum Gasteiger partial charge on any atom is 0.0620 e. The first-order chi connectivity index (χ1) is 5.95. The third-order valence-electron chi connectivity index (χ3n) is 3.01. The SMILES string of the molecule is C1CCC(NC2CCOC2)CC1. The van der Waals surface area contributed by atoms with Crippen LogP contribution in [0.2, 0.25) is 0 Å². The molecule has 0 aromatic rings.